The Balaban J connectivity index is 2.31. The van der Waals surface area contributed by atoms with Crippen molar-refractivity contribution in [2.75, 3.05) is 6.61 Å². The van der Waals surface area contributed by atoms with Crippen LogP contribution in [0.15, 0.2) is 18.2 Å². The van der Waals surface area contributed by atoms with E-state index in [2.05, 4.69) is 0 Å². The summed E-state index contributed by atoms with van der Waals surface area (Å²) in [6.07, 6.45) is 1.43. The monoisotopic (exact) mass is 262 g/mol. The minimum absolute atomic E-state index is 0.159. The molecule has 0 saturated heterocycles. The number of rotatable bonds is 6. The molecule has 0 aliphatic heterocycles. The molecule has 88 valence electrons. The van der Waals surface area contributed by atoms with Gasteiger partial charge in [0.15, 0.2) is 0 Å². The summed E-state index contributed by atoms with van der Waals surface area (Å²) < 4.78 is 5.39. The number of ether oxygens (including phenoxy) is 1. The second kappa shape index (κ2) is 6.61. The molecule has 0 aliphatic carbocycles. The fraction of sp³-hybridized carbons (Fsp3) is 0.364. The molecule has 0 amide bonds. The van der Waals surface area contributed by atoms with Crippen LogP contribution in [0.5, 0.6) is 5.75 Å². The van der Waals surface area contributed by atoms with Crippen LogP contribution in [0, 0.1) is 0 Å². The Morgan fingerprint density at radius 3 is 2.75 bits per heavy atom. The van der Waals surface area contributed by atoms with Gasteiger partial charge in [0.05, 0.1) is 11.6 Å². The van der Waals surface area contributed by atoms with Gasteiger partial charge in [-0.2, -0.15) is 0 Å². The lowest BCUT2D eigenvalue weighted by atomic mass is 10.2. The van der Waals surface area contributed by atoms with Crippen LogP contribution in [0.3, 0.4) is 0 Å². The molecule has 0 heterocycles. The molecule has 1 aromatic rings. The Morgan fingerprint density at radius 1 is 1.31 bits per heavy atom. The third-order valence-corrected chi connectivity index (χ3v) is 2.48. The van der Waals surface area contributed by atoms with Crippen molar-refractivity contribution in [1.29, 1.82) is 0 Å². The van der Waals surface area contributed by atoms with E-state index in [1.807, 2.05) is 0 Å². The van der Waals surface area contributed by atoms with Gasteiger partial charge in [0.2, 0.25) is 0 Å². The summed E-state index contributed by atoms with van der Waals surface area (Å²) in [5, 5.41) is 9.49. The minimum Gasteiger partial charge on any atom is -0.492 e. The van der Waals surface area contributed by atoms with Crippen LogP contribution in [0.2, 0.25) is 10.0 Å². The van der Waals surface area contributed by atoms with Crippen molar-refractivity contribution in [3.05, 3.63) is 28.2 Å². The van der Waals surface area contributed by atoms with Crippen molar-refractivity contribution in [3.8, 4) is 5.75 Å². The summed E-state index contributed by atoms with van der Waals surface area (Å²) in [6, 6.07) is 4.98. The van der Waals surface area contributed by atoms with E-state index in [0.29, 0.717) is 35.2 Å². The number of carboxylic acid groups (broad SMARTS) is 1. The summed E-state index contributed by atoms with van der Waals surface area (Å²) in [7, 11) is 0. The lowest BCUT2D eigenvalue weighted by Gasteiger charge is -2.07. The first kappa shape index (κ1) is 13.1. The number of benzene rings is 1. The summed E-state index contributed by atoms with van der Waals surface area (Å²) in [5.74, 6) is -0.259. The van der Waals surface area contributed by atoms with E-state index in [1.165, 1.54) is 0 Å². The van der Waals surface area contributed by atoms with Gasteiger partial charge in [-0.15, -0.1) is 0 Å². The van der Waals surface area contributed by atoms with Crippen LogP contribution in [0.1, 0.15) is 19.3 Å². The van der Waals surface area contributed by atoms with Crippen LogP contribution >= 0.6 is 23.2 Å². The van der Waals surface area contributed by atoms with E-state index in [0.717, 1.165) is 0 Å². The predicted molar refractivity (Wildman–Crippen MR) is 63.4 cm³/mol. The molecule has 5 heteroatoms. The Bertz CT molecular complexity index is 366. The number of carbonyl (C=O) groups is 1. The quantitative estimate of drug-likeness (QED) is 0.797. The van der Waals surface area contributed by atoms with Gasteiger partial charge in [0, 0.05) is 17.5 Å². The van der Waals surface area contributed by atoms with Gasteiger partial charge in [0.25, 0.3) is 0 Å². The Morgan fingerprint density at radius 2 is 2.06 bits per heavy atom. The van der Waals surface area contributed by atoms with E-state index in [9.17, 15) is 4.79 Å². The number of unbranched alkanes of at least 4 members (excludes halogenated alkanes) is 1. The molecule has 0 bridgehead atoms. The molecule has 0 fully saturated rings. The van der Waals surface area contributed by atoms with E-state index < -0.39 is 5.97 Å². The number of carboxylic acids is 1. The number of hydrogen-bond acceptors (Lipinski definition) is 2. The standard InChI is InChI=1S/C11H12Cl2O3/c12-8-4-5-9(13)10(7-8)16-6-2-1-3-11(14)15/h4-5,7H,1-3,6H2,(H,14,15). The van der Waals surface area contributed by atoms with Gasteiger partial charge >= 0.3 is 5.97 Å². The highest BCUT2D eigenvalue weighted by Crippen LogP contribution is 2.27. The maximum absolute atomic E-state index is 10.3. The van der Waals surface area contributed by atoms with Crippen molar-refractivity contribution in [2.24, 2.45) is 0 Å². The van der Waals surface area contributed by atoms with Gasteiger partial charge in [0.1, 0.15) is 5.75 Å². The Kier molecular flexibility index (Phi) is 5.43. The molecule has 0 atom stereocenters. The molecule has 3 nitrogen and oxygen atoms in total. The lowest BCUT2D eigenvalue weighted by molar-refractivity contribution is -0.137. The van der Waals surface area contributed by atoms with Crippen LogP contribution < -0.4 is 4.74 Å². The van der Waals surface area contributed by atoms with Crippen molar-refractivity contribution in [3.63, 3.8) is 0 Å². The van der Waals surface area contributed by atoms with Crippen molar-refractivity contribution >= 4 is 29.2 Å². The molecular formula is C11H12Cl2O3. The summed E-state index contributed by atoms with van der Waals surface area (Å²) >= 11 is 11.7. The van der Waals surface area contributed by atoms with E-state index in [1.54, 1.807) is 18.2 Å². The fourth-order valence-electron chi connectivity index (χ4n) is 1.15. The van der Waals surface area contributed by atoms with Crippen molar-refractivity contribution < 1.29 is 14.6 Å². The fourth-order valence-corrected chi connectivity index (χ4v) is 1.48. The first-order chi connectivity index (χ1) is 7.59. The molecular weight excluding hydrogens is 251 g/mol. The Labute approximate surface area is 104 Å². The zero-order valence-corrected chi connectivity index (χ0v) is 10.1. The van der Waals surface area contributed by atoms with Crippen molar-refractivity contribution in [2.45, 2.75) is 19.3 Å². The SMILES string of the molecule is O=C(O)CCCCOc1cc(Cl)ccc1Cl. The summed E-state index contributed by atoms with van der Waals surface area (Å²) in [5.41, 5.74) is 0. The van der Waals surface area contributed by atoms with Crippen LogP contribution in [0.25, 0.3) is 0 Å². The van der Waals surface area contributed by atoms with Gasteiger partial charge in [-0.3, -0.25) is 4.79 Å². The molecule has 0 aliphatic rings. The zero-order chi connectivity index (χ0) is 12.0. The third kappa shape index (κ3) is 4.73. The maximum Gasteiger partial charge on any atom is 0.303 e. The van der Waals surface area contributed by atoms with Gasteiger partial charge < -0.3 is 9.84 Å². The summed E-state index contributed by atoms with van der Waals surface area (Å²) in [6.45, 7) is 0.438. The third-order valence-electron chi connectivity index (χ3n) is 1.94. The van der Waals surface area contributed by atoms with Crippen LogP contribution in [0.4, 0.5) is 0 Å². The maximum atomic E-state index is 10.3. The number of hydrogen-bond donors (Lipinski definition) is 1. The summed E-state index contributed by atoms with van der Waals surface area (Å²) in [4.78, 5) is 10.3. The highest BCUT2D eigenvalue weighted by molar-refractivity contribution is 6.34. The number of aliphatic carboxylic acids is 1. The molecule has 1 aromatic carbocycles. The first-order valence-corrected chi connectivity index (χ1v) is 5.65. The average molecular weight is 263 g/mol. The minimum atomic E-state index is -0.791. The molecule has 0 saturated carbocycles. The van der Waals surface area contributed by atoms with Crippen LogP contribution in [-0.4, -0.2) is 17.7 Å². The first-order valence-electron chi connectivity index (χ1n) is 4.89. The topological polar surface area (TPSA) is 46.5 Å². The highest BCUT2D eigenvalue weighted by atomic mass is 35.5. The van der Waals surface area contributed by atoms with Gasteiger partial charge in [-0.25, -0.2) is 0 Å². The molecule has 16 heavy (non-hydrogen) atoms. The van der Waals surface area contributed by atoms with Gasteiger partial charge in [-0.05, 0) is 25.0 Å². The molecule has 0 aromatic heterocycles. The van der Waals surface area contributed by atoms with Crippen molar-refractivity contribution in [1.82, 2.24) is 0 Å². The predicted octanol–water partition coefficient (Wildman–Crippen LogP) is 3.63. The second-order valence-electron chi connectivity index (χ2n) is 3.27. The normalized spacial score (nSPS) is 10.1. The van der Waals surface area contributed by atoms with E-state index in [4.69, 9.17) is 33.0 Å². The largest absolute Gasteiger partial charge is 0.492 e. The van der Waals surface area contributed by atoms with Crippen LogP contribution in [-0.2, 0) is 4.79 Å². The smallest absolute Gasteiger partial charge is 0.303 e. The zero-order valence-electron chi connectivity index (χ0n) is 8.58. The Hall–Kier alpha value is -0.930. The van der Waals surface area contributed by atoms with Gasteiger partial charge in [-0.1, -0.05) is 23.2 Å². The molecule has 0 spiro atoms. The molecule has 0 radical (unpaired) electrons. The van der Waals surface area contributed by atoms with E-state index >= 15 is 0 Å². The molecule has 1 N–H and O–H groups in total. The average Bonchev–Trinajstić information content (AvgIpc) is 2.22. The molecule has 0 unspecified atom stereocenters. The number of halogens is 2. The lowest BCUT2D eigenvalue weighted by Crippen LogP contribution is -2.00. The second-order valence-corrected chi connectivity index (χ2v) is 4.12. The molecule has 1 rings (SSSR count). The van der Waals surface area contributed by atoms with E-state index in [-0.39, 0.29) is 6.42 Å². The highest BCUT2D eigenvalue weighted by Gasteiger charge is 2.02.